The molecule has 0 bridgehead atoms. The Kier molecular flexibility index (Phi) is 3.63. The summed E-state index contributed by atoms with van der Waals surface area (Å²) in [5, 5.41) is 18.3. The fourth-order valence-corrected chi connectivity index (χ4v) is 2.35. The lowest BCUT2D eigenvalue weighted by Crippen LogP contribution is -1.87. The van der Waals surface area contributed by atoms with E-state index in [9.17, 15) is 5.11 Å². The molecule has 2 aromatic heterocycles. The first-order valence-corrected chi connectivity index (χ1v) is 7.25. The molecule has 0 radical (unpaired) electrons. The molecule has 112 valence electrons. The number of imidazole rings is 1. The Hall–Kier alpha value is -2.69. The van der Waals surface area contributed by atoms with Crippen molar-refractivity contribution in [2.45, 2.75) is 26.7 Å². The van der Waals surface area contributed by atoms with Crippen LogP contribution in [0.3, 0.4) is 0 Å². The van der Waals surface area contributed by atoms with E-state index in [-0.39, 0.29) is 11.7 Å². The molecule has 0 aliphatic rings. The van der Waals surface area contributed by atoms with Crippen molar-refractivity contribution in [3.8, 4) is 5.75 Å². The van der Waals surface area contributed by atoms with Gasteiger partial charge in [0.2, 0.25) is 0 Å². The predicted molar refractivity (Wildman–Crippen MR) is 86.3 cm³/mol. The first-order valence-electron chi connectivity index (χ1n) is 7.25. The average Bonchev–Trinajstić information content (AvgIpc) is 2.87. The molecule has 1 N–H and O–H groups in total. The van der Waals surface area contributed by atoms with E-state index in [2.05, 4.69) is 24.1 Å². The van der Waals surface area contributed by atoms with Crippen LogP contribution in [0.25, 0.3) is 5.65 Å². The topological polar surface area (TPSA) is 62.2 Å². The van der Waals surface area contributed by atoms with Gasteiger partial charge >= 0.3 is 0 Å². The summed E-state index contributed by atoms with van der Waals surface area (Å²) in [5.74, 6) is 1.05. The molecule has 0 spiro atoms. The van der Waals surface area contributed by atoms with Gasteiger partial charge in [0.1, 0.15) is 17.1 Å². The van der Waals surface area contributed by atoms with Crippen molar-refractivity contribution >= 4 is 17.2 Å². The number of phenolic OH excluding ortho intramolecular Hbond substituents is 1. The zero-order valence-corrected chi connectivity index (χ0v) is 12.9. The summed E-state index contributed by atoms with van der Waals surface area (Å²) in [6, 6.07) is 10.9. The summed E-state index contributed by atoms with van der Waals surface area (Å²) in [4.78, 5) is 4.69. The molecule has 0 amide bonds. The third-order valence-corrected chi connectivity index (χ3v) is 3.53. The monoisotopic (exact) mass is 294 g/mol. The summed E-state index contributed by atoms with van der Waals surface area (Å²) >= 11 is 0. The maximum Gasteiger partial charge on any atom is 0.183 e. The lowest BCUT2D eigenvalue weighted by molar-refractivity contribution is 0.476. The number of aryl methyl sites for hydroxylation is 1. The molecule has 0 aliphatic heterocycles. The van der Waals surface area contributed by atoms with Crippen molar-refractivity contribution in [1.82, 2.24) is 9.38 Å². The largest absolute Gasteiger partial charge is 0.506 e. The van der Waals surface area contributed by atoms with Gasteiger partial charge in [0.25, 0.3) is 0 Å². The molecule has 5 nitrogen and oxygen atoms in total. The predicted octanol–water partition coefficient (Wildman–Crippen LogP) is 4.89. The SMILES string of the molecule is Cc1cccn2c(N=Nc3ccccc3O)c(C(C)C)nc12. The number of benzene rings is 1. The Labute approximate surface area is 129 Å². The minimum atomic E-state index is 0.113. The molecule has 0 aliphatic carbocycles. The van der Waals surface area contributed by atoms with Crippen LogP contribution < -0.4 is 0 Å². The van der Waals surface area contributed by atoms with Gasteiger partial charge in [-0.3, -0.25) is 4.40 Å². The van der Waals surface area contributed by atoms with E-state index in [1.165, 1.54) is 0 Å². The molecule has 1 aromatic carbocycles. The number of aromatic nitrogens is 2. The minimum Gasteiger partial charge on any atom is -0.506 e. The van der Waals surface area contributed by atoms with Crippen LogP contribution in [0, 0.1) is 6.92 Å². The number of hydrogen-bond acceptors (Lipinski definition) is 4. The maximum atomic E-state index is 9.80. The second-order valence-corrected chi connectivity index (χ2v) is 5.55. The molecule has 0 fully saturated rings. The smallest absolute Gasteiger partial charge is 0.183 e. The summed E-state index contributed by atoms with van der Waals surface area (Å²) < 4.78 is 1.94. The number of nitrogens with zero attached hydrogens (tertiary/aromatic N) is 4. The summed E-state index contributed by atoms with van der Waals surface area (Å²) in [5.41, 5.74) is 3.32. The van der Waals surface area contributed by atoms with Gasteiger partial charge in [0, 0.05) is 6.20 Å². The Morgan fingerprint density at radius 3 is 2.59 bits per heavy atom. The molecule has 0 atom stereocenters. The molecule has 3 aromatic rings. The highest BCUT2D eigenvalue weighted by Gasteiger charge is 2.16. The van der Waals surface area contributed by atoms with Crippen molar-refractivity contribution in [1.29, 1.82) is 0 Å². The highest BCUT2D eigenvalue weighted by atomic mass is 16.3. The second-order valence-electron chi connectivity index (χ2n) is 5.55. The van der Waals surface area contributed by atoms with Gasteiger partial charge in [-0.1, -0.05) is 32.0 Å². The van der Waals surface area contributed by atoms with Gasteiger partial charge < -0.3 is 5.11 Å². The van der Waals surface area contributed by atoms with E-state index in [4.69, 9.17) is 4.98 Å². The van der Waals surface area contributed by atoms with Crippen molar-refractivity contribution in [2.24, 2.45) is 10.2 Å². The third kappa shape index (κ3) is 2.45. The molecular weight excluding hydrogens is 276 g/mol. The molecular formula is C17H18N4O. The van der Waals surface area contributed by atoms with Crippen molar-refractivity contribution in [2.75, 3.05) is 0 Å². The Morgan fingerprint density at radius 2 is 1.86 bits per heavy atom. The normalized spacial score (nSPS) is 11.8. The number of fused-ring (bicyclic) bond motifs is 1. The quantitative estimate of drug-likeness (QED) is 0.699. The fourth-order valence-electron chi connectivity index (χ4n) is 2.35. The van der Waals surface area contributed by atoms with Gasteiger partial charge in [-0.2, -0.15) is 0 Å². The number of phenols is 1. The van der Waals surface area contributed by atoms with Crippen molar-refractivity contribution < 1.29 is 5.11 Å². The van der Waals surface area contributed by atoms with Crippen LogP contribution >= 0.6 is 0 Å². The van der Waals surface area contributed by atoms with Crippen LogP contribution in [0.1, 0.15) is 31.0 Å². The van der Waals surface area contributed by atoms with Crippen molar-refractivity contribution in [3.05, 3.63) is 53.9 Å². The van der Waals surface area contributed by atoms with E-state index < -0.39 is 0 Å². The van der Waals surface area contributed by atoms with E-state index in [0.29, 0.717) is 11.5 Å². The van der Waals surface area contributed by atoms with Gasteiger partial charge in [-0.25, -0.2) is 4.98 Å². The highest BCUT2D eigenvalue weighted by Crippen LogP contribution is 2.32. The zero-order chi connectivity index (χ0) is 15.7. The van der Waals surface area contributed by atoms with E-state index >= 15 is 0 Å². The maximum absolute atomic E-state index is 9.80. The number of pyridine rings is 1. The third-order valence-electron chi connectivity index (χ3n) is 3.53. The number of hydrogen-bond donors (Lipinski definition) is 1. The van der Waals surface area contributed by atoms with Gasteiger partial charge in [-0.15, -0.1) is 10.2 Å². The summed E-state index contributed by atoms with van der Waals surface area (Å²) in [7, 11) is 0. The van der Waals surface area contributed by atoms with Crippen molar-refractivity contribution in [3.63, 3.8) is 0 Å². The van der Waals surface area contributed by atoms with Gasteiger partial charge in [-0.05, 0) is 36.6 Å². The number of aromatic hydroxyl groups is 1. The van der Waals surface area contributed by atoms with Gasteiger partial charge in [0.05, 0.1) is 5.69 Å². The molecule has 0 saturated heterocycles. The average molecular weight is 294 g/mol. The molecule has 2 heterocycles. The molecule has 22 heavy (non-hydrogen) atoms. The van der Waals surface area contributed by atoms with E-state index in [0.717, 1.165) is 16.9 Å². The molecule has 3 rings (SSSR count). The highest BCUT2D eigenvalue weighted by molar-refractivity contribution is 5.58. The van der Waals surface area contributed by atoms with Gasteiger partial charge in [0.15, 0.2) is 5.82 Å². The number of para-hydroxylation sites is 1. The van der Waals surface area contributed by atoms with E-state index in [1.54, 1.807) is 18.2 Å². The Morgan fingerprint density at radius 1 is 1.09 bits per heavy atom. The van der Waals surface area contributed by atoms with Crippen LogP contribution in [-0.2, 0) is 0 Å². The summed E-state index contributed by atoms with van der Waals surface area (Å²) in [6.07, 6.45) is 1.93. The number of rotatable bonds is 3. The van der Waals surface area contributed by atoms with Crippen LogP contribution in [0.5, 0.6) is 5.75 Å². The summed E-state index contributed by atoms with van der Waals surface area (Å²) in [6.45, 7) is 6.18. The Balaban J connectivity index is 2.15. The minimum absolute atomic E-state index is 0.113. The zero-order valence-electron chi connectivity index (χ0n) is 12.9. The molecule has 5 heteroatoms. The lowest BCUT2D eigenvalue weighted by atomic mass is 10.1. The van der Waals surface area contributed by atoms with Crippen LogP contribution in [0.2, 0.25) is 0 Å². The molecule has 0 saturated carbocycles. The standard InChI is InChI=1S/C17H18N4O/c1-11(2)15-17(20-19-13-8-4-5-9-14(13)22)21-10-6-7-12(3)16(21)18-15/h4-11,22H,1-3H3. The lowest BCUT2D eigenvalue weighted by Gasteiger charge is -2.02. The Bertz CT molecular complexity index is 849. The second kappa shape index (κ2) is 5.60. The van der Waals surface area contributed by atoms with Crippen LogP contribution in [-0.4, -0.2) is 14.5 Å². The first kappa shape index (κ1) is 14.3. The van der Waals surface area contributed by atoms with Crippen LogP contribution in [0.15, 0.2) is 52.8 Å². The number of azo groups is 1. The molecule has 0 unspecified atom stereocenters. The van der Waals surface area contributed by atoms with Crippen LogP contribution in [0.4, 0.5) is 11.5 Å². The fraction of sp³-hybridized carbons (Fsp3) is 0.235. The first-order chi connectivity index (χ1) is 10.6. The van der Waals surface area contributed by atoms with E-state index in [1.807, 2.05) is 35.7 Å².